The van der Waals surface area contributed by atoms with Gasteiger partial charge >= 0.3 is 0 Å². The van der Waals surface area contributed by atoms with Gasteiger partial charge in [-0.15, -0.1) is 22.7 Å². The number of aromatic nitrogens is 1. The maximum atomic E-state index is 12.4. The quantitative estimate of drug-likeness (QED) is 0.654. The second kappa shape index (κ2) is 8.21. The molecule has 27 heavy (non-hydrogen) atoms. The van der Waals surface area contributed by atoms with E-state index in [9.17, 15) is 4.79 Å². The third-order valence-corrected chi connectivity index (χ3v) is 6.46. The van der Waals surface area contributed by atoms with E-state index in [0.29, 0.717) is 0 Å². The van der Waals surface area contributed by atoms with Gasteiger partial charge in [0.25, 0.3) is 5.91 Å². The zero-order valence-corrected chi connectivity index (χ0v) is 16.8. The van der Waals surface area contributed by atoms with Gasteiger partial charge < -0.3 is 9.64 Å². The number of methoxy groups -OCH3 is 1. The molecule has 0 atom stereocenters. The number of hydrogen-bond donors (Lipinski definition) is 0. The Morgan fingerprint density at radius 2 is 1.89 bits per heavy atom. The Bertz CT molecular complexity index is 882. The van der Waals surface area contributed by atoms with Crippen molar-refractivity contribution in [2.75, 3.05) is 33.3 Å². The van der Waals surface area contributed by atoms with E-state index in [1.807, 2.05) is 46.7 Å². The Morgan fingerprint density at radius 1 is 1.11 bits per heavy atom. The Balaban J connectivity index is 1.33. The van der Waals surface area contributed by atoms with Crippen LogP contribution in [-0.4, -0.2) is 54.0 Å². The van der Waals surface area contributed by atoms with Crippen molar-refractivity contribution in [3.63, 3.8) is 0 Å². The lowest BCUT2D eigenvalue weighted by Crippen LogP contribution is -2.48. The standard InChI is InChI=1S/C20H21N3O2S2/c1-25-17-6-4-15(5-7-17)19-21-16(14-27-19)13-22-8-10-23(11-9-22)20(24)18-3-2-12-26-18/h2-7,12,14H,8-11,13H2,1H3. The minimum atomic E-state index is 0.153. The SMILES string of the molecule is COc1ccc(-c2nc(CN3CCN(C(=O)c4cccs4)CC3)cs2)cc1. The highest BCUT2D eigenvalue weighted by Crippen LogP contribution is 2.26. The number of hydrogen-bond acceptors (Lipinski definition) is 6. The lowest BCUT2D eigenvalue weighted by atomic mass is 10.2. The number of nitrogens with zero attached hydrogens (tertiary/aromatic N) is 3. The molecule has 0 bridgehead atoms. The summed E-state index contributed by atoms with van der Waals surface area (Å²) in [4.78, 5) is 22.4. The summed E-state index contributed by atoms with van der Waals surface area (Å²) in [5.74, 6) is 1.01. The molecule has 1 saturated heterocycles. The molecule has 0 unspecified atom stereocenters. The van der Waals surface area contributed by atoms with E-state index in [-0.39, 0.29) is 5.91 Å². The number of ether oxygens (including phenoxy) is 1. The molecule has 1 amide bonds. The van der Waals surface area contributed by atoms with Gasteiger partial charge in [0.2, 0.25) is 0 Å². The smallest absolute Gasteiger partial charge is 0.264 e. The van der Waals surface area contributed by atoms with Crippen molar-refractivity contribution in [3.8, 4) is 16.3 Å². The Morgan fingerprint density at radius 3 is 2.56 bits per heavy atom. The summed E-state index contributed by atoms with van der Waals surface area (Å²) in [6.07, 6.45) is 0. The molecule has 0 aliphatic carbocycles. The van der Waals surface area contributed by atoms with Crippen molar-refractivity contribution < 1.29 is 9.53 Å². The van der Waals surface area contributed by atoms with Crippen LogP contribution in [0.25, 0.3) is 10.6 Å². The third-order valence-electron chi connectivity index (χ3n) is 4.67. The van der Waals surface area contributed by atoms with Gasteiger partial charge in [-0.05, 0) is 35.7 Å². The van der Waals surface area contributed by atoms with E-state index in [4.69, 9.17) is 9.72 Å². The summed E-state index contributed by atoms with van der Waals surface area (Å²) in [5, 5.41) is 5.11. The first-order valence-corrected chi connectivity index (χ1v) is 10.6. The van der Waals surface area contributed by atoms with Crippen LogP contribution in [-0.2, 0) is 6.54 Å². The van der Waals surface area contributed by atoms with Crippen molar-refractivity contribution in [2.45, 2.75) is 6.54 Å². The molecule has 3 aromatic rings. The summed E-state index contributed by atoms with van der Waals surface area (Å²) in [6.45, 7) is 4.13. The Labute approximate surface area is 166 Å². The monoisotopic (exact) mass is 399 g/mol. The second-order valence-electron chi connectivity index (χ2n) is 6.42. The predicted octanol–water partition coefficient (Wildman–Crippen LogP) is 3.84. The molecule has 0 spiro atoms. The molecule has 4 rings (SSSR count). The summed E-state index contributed by atoms with van der Waals surface area (Å²) in [5.41, 5.74) is 2.20. The second-order valence-corrected chi connectivity index (χ2v) is 8.22. The van der Waals surface area contributed by atoms with Gasteiger partial charge in [-0.3, -0.25) is 9.69 Å². The largest absolute Gasteiger partial charge is 0.497 e. The summed E-state index contributed by atoms with van der Waals surface area (Å²) >= 11 is 3.18. The highest BCUT2D eigenvalue weighted by molar-refractivity contribution is 7.13. The lowest BCUT2D eigenvalue weighted by molar-refractivity contribution is 0.0632. The van der Waals surface area contributed by atoms with E-state index in [0.717, 1.165) is 59.6 Å². The zero-order valence-electron chi connectivity index (χ0n) is 15.1. The highest BCUT2D eigenvalue weighted by atomic mass is 32.1. The van der Waals surface area contributed by atoms with Gasteiger partial charge in [-0.1, -0.05) is 6.07 Å². The van der Waals surface area contributed by atoms with E-state index in [2.05, 4.69) is 10.3 Å². The molecule has 5 nitrogen and oxygen atoms in total. The molecule has 1 aliphatic rings. The Hall–Kier alpha value is -2.22. The van der Waals surface area contributed by atoms with Crippen LogP contribution in [0, 0.1) is 0 Å². The normalized spacial score (nSPS) is 15.1. The molecule has 0 N–H and O–H groups in total. The molecule has 140 valence electrons. The first-order chi connectivity index (χ1) is 13.2. The van der Waals surface area contributed by atoms with Gasteiger partial charge in [0.1, 0.15) is 10.8 Å². The number of piperazine rings is 1. The van der Waals surface area contributed by atoms with Crippen LogP contribution in [0.15, 0.2) is 47.2 Å². The van der Waals surface area contributed by atoms with Crippen molar-refractivity contribution in [3.05, 3.63) is 57.7 Å². The van der Waals surface area contributed by atoms with Gasteiger partial charge in [0, 0.05) is 43.7 Å². The average molecular weight is 400 g/mol. The van der Waals surface area contributed by atoms with Crippen LogP contribution in [0.5, 0.6) is 5.75 Å². The van der Waals surface area contributed by atoms with E-state index in [1.54, 1.807) is 18.4 Å². The summed E-state index contributed by atoms with van der Waals surface area (Å²) in [7, 11) is 1.67. The van der Waals surface area contributed by atoms with E-state index in [1.165, 1.54) is 11.3 Å². The fourth-order valence-electron chi connectivity index (χ4n) is 3.14. The van der Waals surface area contributed by atoms with Crippen LogP contribution in [0.1, 0.15) is 15.4 Å². The number of carbonyl (C=O) groups excluding carboxylic acids is 1. The van der Waals surface area contributed by atoms with Crippen LogP contribution >= 0.6 is 22.7 Å². The van der Waals surface area contributed by atoms with Crippen molar-refractivity contribution in [1.82, 2.24) is 14.8 Å². The molecule has 0 radical (unpaired) electrons. The van der Waals surface area contributed by atoms with Crippen molar-refractivity contribution in [2.24, 2.45) is 0 Å². The summed E-state index contributed by atoms with van der Waals surface area (Å²) < 4.78 is 5.21. The van der Waals surface area contributed by atoms with Gasteiger partial charge in [0.05, 0.1) is 17.7 Å². The fraction of sp³-hybridized carbons (Fsp3) is 0.300. The molecule has 2 aromatic heterocycles. The van der Waals surface area contributed by atoms with Gasteiger partial charge in [-0.25, -0.2) is 4.98 Å². The molecule has 3 heterocycles. The predicted molar refractivity (Wildman–Crippen MR) is 110 cm³/mol. The maximum Gasteiger partial charge on any atom is 0.264 e. The highest BCUT2D eigenvalue weighted by Gasteiger charge is 2.23. The van der Waals surface area contributed by atoms with E-state index >= 15 is 0 Å². The minimum Gasteiger partial charge on any atom is -0.497 e. The summed E-state index contributed by atoms with van der Waals surface area (Å²) in [6, 6.07) is 11.8. The number of carbonyl (C=O) groups is 1. The number of thiophene rings is 1. The third kappa shape index (κ3) is 4.21. The lowest BCUT2D eigenvalue weighted by Gasteiger charge is -2.34. The molecule has 7 heteroatoms. The fourth-order valence-corrected chi connectivity index (χ4v) is 4.65. The molecule has 0 saturated carbocycles. The van der Waals surface area contributed by atoms with Gasteiger partial charge in [-0.2, -0.15) is 0 Å². The maximum absolute atomic E-state index is 12.4. The zero-order chi connectivity index (χ0) is 18.6. The van der Waals surface area contributed by atoms with Crippen LogP contribution < -0.4 is 4.74 Å². The first-order valence-electron chi connectivity index (χ1n) is 8.87. The molecular formula is C20H21N3O2S2. The van der Waals surface area contributed by atoms with Crippen LogP contribution in [0.4, 0.5) is 0 Å². The number of rotatable bonds is 5. The molecule has 1 aliphatic heterocycles. The van der Waals surface area contributed by atoms with E-state index < -0.39 is 0 Å². The van der Waals surface area contributed by atoms with Crippen LogP contribution in [0.3, 0.4) is 0 Å². The number of thiazole rings is 1. The topological polar surface area (TPSA) is 45.7 Å². The van der Waals surface area contributed by atoms with Crippen molar-refractivity contribution >= 4 is 28.6 Å². The number of amides is 1. The molecular weight excluding hydrogens is 378 g/mol. The number of benzene rings is 1. The van der Waals surface area contributed by atoms with Crippen molar-refractivity contribution in [1.29, 1.82) is 0 Å². The van der Waals surface area contributed by atoms with Crippen LogP contribution in [0.2, 0.25) is 0 Å². The minimum absolute atomic E-state index is 0.153. The Kier molecular flexibility index (Phi) is 5.52. The van der Waals surface area contributed by atoms with Gasteiger partial charge in [0.15, 0.2) is 0 Å². The molecule has 1 aromatic carbocycles. The average Bonchev–Trinajstić information content (AvgIpc) is 3.40. The molecule has 1 fully saturated rings. The first kappa shape index (κ1) is 18.2.